The van der Waals surface area contributed by atoms with Gasteiger partial charge in [-0.15, -0.1) is 11.3 Å². The van der Waals surface area contributed by atoms with Gasteiger partial charge in [0.05, 0.1) is 16.7 Å². The van der Waals surface area contributed by atoms with Gasteiger partial charge in [0.15, 0.2) is 0 Å². The first kappa shape index (κ1) is 32.6. The summed E-state index contributed by atoms with van der Waals surface area (Å²) >= 11 is 1.88. The van der Waals surface area contributed by atoms with E-state index in [9.17, 15) is 0 Å². The van der Waals surface area contributed by atoms with Crippen molar-refractivity contribution in [2.24, 2.45) is 23.7 Å². The molecule has 0 amide bonds. The number of anilines is 3. The van der Waals surface area contributed by atoms with Gasteiger partial charge in [-0.3, -0.25) is 0 Å². The van der Waals surface area contributed by atoms with Gasteiger partial charge in [-0.25, -0.2) is 0 Å². The van der Waals surface area contributed by atoms with Crippen molar-refractivity contribution in [1.82, 2.24) is 4.57 Å². The summed E-state index contributed by atoms with van der Waals surface area (Å²) in [6, 6.07) is 59.2. The van der Waals surface area contributed by atoms with Crippen molar-refractivity contribution in [3.63, 3.8) is 0 Å². The molecule has 2 heterocycles. The van der Waals surface area contributed by atoms with E-state index in [1.807, 2.05) is 11.3 Å². The summed E-state index contributed by atoms with van der Waals surface area (Å²) in [7, 11) is 0. The van der Waals surface area contributed by atoms with Gasteiger partial charge in [-0.05, 0) is 145 Å². The number of benzene rings is 7. The molecule has 56 heavy (non-hydrogen) atoms. The average molecular weight is 741 g/mol. The van der Waals surface area contributed by atoms with E-state index in [0.717, 1.165) is 35.0 Å². The van der Waals surface area contributed by atoms with Crippen LogP contribution in [-0.2, 0) is 0 Å². The van der Waals surface area contributed by atoms with Crippen LogP contribution in [0.25, 0.3) is 58.8 Å². The number of rotatable bonds is 6. The zero-order chi connectivity index (χ0) is 36.9. The standard InChI is InChI=1S/C53H44N2S/c1-33-19-26-48(54(40-11-3-2-4-12-40)41-23-20-36(21-24-41)37-22-25-43-42-13-7-10-18-49(42)56-50(43)32-37)52-45-15-6-9-17-47(45)55(53(33)52)46-16-8-5-14-44(46)51-38-28-34-27-35(30-38)31-39(51)29-34/h2-26,32,34-35,38-39,51H,27-31H2,1H3. The van der Waals surface area contributed by atoms with Crippen LogP contribution in [0.2, 0.25) is 0 Å². The molecular formula is C53H44N2S. The first-order chi connectivity index (χ1) is 27.7. The zero-order valence-corrected chi connectivity index (χ0v) is 32.6. The lowest BCUT2D eigenvalue weighted by Crippen LogP contribution is -2.44. The van der Waals surface area contributed by atoms with Gasteiger partial charge < -0.3 is 9.47 Å². The smallest absolute Gasteiger partial charge is 0.0591 e. The normalized spacial score (nSPS) is 21.5. The second-order valence-electron chi connectivity index (χ2n) is 17.0. The number of nitrogens with zero attached hydrogens (tertiary/aromatic N) is 2. The number of fused-ring (bicyclic) bond motifs is 6. The molecule has 3 heteroatoms. The average Bonchev–Trinajstić information content (AvgIpc) is 3.79. The van der Waals surface area contributed by atoms with E-state index in [-0.39, 0.29) is 0 Å². The third-order valence-electron chi connectivity index (χ3n) is 13.9. The number of thiophene rings is 1. The third kappa shape index (κ3) is 5.00. The Morgan fingerprint density at radius 3 is 1.98 bits per heavy atom. The molecule has 13 rings (SSSR count). The molecule has 0 atom stereocenters. The van der Waals surface area contributed by atoms with E-state index in [4.69, 9.17) is 0 Å². The molecule has 9 aromatic rings. The Balaban J connectivity index is 1.02. The van der Waals surface area contributed by atoms with E-state index in [2.05, 4.69) is 174 Å². The molecule has 4 aliphatic carbocycles. The molecule has 0 spiro atoms. The van der Waals surface area contributed by atoms with Crippen molar-refractivity contribution in [2.45, 2.75) is 44.9 Å². The van der Waals surface area contributed by atoms with Crippen LogP contribution in [0.1, 0.15) is 49.1 Å². The maximum Gasteiger partial charge on any atom is 0.0591 e. The van der Waals surface area contributed by atoms with Crippen molar-refractivity contribution < 1.29 is 0 Å². The van der Waals surface area contributed by atoms with Gasteiger partial charge in [-0.1, -0.05) is 103 Å². The first-order valence-electron chi connectivity index (χ1n) is 20.7. The SMILES string of the molecule is Cc1ccc(N(c2ccccc2)c2ccc(-c3ccc4c(c3)sc3ccccc34)cc2)c2c3ccccc3n(-c3ccccc3C3C4CC5CC(C4)CC3C5)c12. The van der Waals surface area contributed by atoms with E-state index in [1.54, 1.807) is 5.56 Å². The summed E-state index contributed by atoms with van der Waals surface area (Å²) in [6.07, 6.45) is 7.18. The van der Waals surface area contributed by atoms with Crippen LogP contribution >= 0.6 is 11.3 Å². The van der Waals surface area contributed by atoms with Gasteiger partial charge in [0, 0.05) is 48.0 Å². The van der Waals surface area contributed by atoms with E-state index in [1.165, 1.54) is 102 Å². The van der Waals surface area contributed by atoms with Gasteiger partial charge >= 0.3 is 0 Å². The molecular weight excluding hydrogens is 697 g/mol. The van der Waals surface area contributed by atoms with Crippen molar-refractivity contribution in [1.29, 1.82) is 0 Å². The molecule has 0 saturated heterocycles. The van der Waals surface area contributed by atoms with E-state index < -0.39 is 0 Å². The van der Waals surface area contributed by atoms with E-state index in [0.29, 0.717) is 5.92 Å². The maximum atomic E-state index is 2.64. The summed E-state index contributed by atoms with van der Waals surface area (Å²) in [4.78, 5) is 2.47. The van der Waals surface area contributed by atoms with Crippen LogP contribution in [0.3, 0.4) is 0 Å². The van der Waals surface area contributed by atoms with Crippen LogP contribution in [0, 0.1) is 30.6 Å². The minimum Gasteiger partial charge on any atom is -0.310 e. The largest absolute Gasteiger partial charge is 0.310 e. The Kier molecular flexibility index (Phi) is 7.39. The predicted molar refractivity (Wildman–Crippen MR) is 238 cm³/mol. The van der Waals surface area contributed by atoms with Gasteiger partial charge in [0.1, 0.15) is 0 Å². The van der Waals surface area contributed by atoms with Gasteiger partial charge in [-0.2, -0.15) is 0 Å². The van der Waals surface area contributed by atoms with Crippen molar-refractivity contribution in [3.05, 3.63) is 169 Å². The van der Waals surface area contributed by atoms with Crippen LogP contribution in [0.15, 0.2) is 158 Å². The Bertz CT molecular complexity index is 2920. The summed E-state index contributed by atoms with van der Waals surface area (Å²) in [5.41, 5.74) is 12.8. The number of aromatic nitrogens is 1. The minimum absolute atomic E-state index is 0.651. The molecule has 2 nitrogen and oxygen atoms in total. The molecule has 0 radical (unpaired) electrons. The van der Waals surface area contributed by atoms with Gasteiger partial charge in [0.2, 0.25) is 0 Å². The topological polar surface area (TPSA) is 8.17 Å². The van der Waals surface area contributed by atoms with E-state index >= 15 is 0 Å². The number of aryl methyl sites for hydroxylation is 1. The Labute approximate surface area is 332 Å². The molecule has 0 unspecified atom stereocenters. The molecule has 0 N–H and O–H groups in total. The highest BCUT2D eigenvalue weighted by Crippen LogP contribution is 2.60. The Morgan fingerprint density at radius 2 is 1.18 bits per heavy atom. The zero-order valence-electron chi connectivity index (χ0n) is 31.7. The fraction of sp³-hybridized carbons (Fsp3) is 0.208. The summed E-state index contributed by atoms with van der Waals surface area (Å²) in [6.45, 7) is 2.31. The molecule has 272 valence electrons. The van der Waals surface area contributed by atoms with Crippen LogP contribution in [0.5, 0.6) is 0 Å². The summed E-state index contributed by atoms with van der Waals surface area (Å²) < 4.78 is 5.32. The van der Waals surface area contributed by atoms with Crippen molar-refractivity contribution in [2.75, 3.05) is 4.90 Å². The fourth-order valence-corrected chi connectivity index (χ4v) is 12.9. The highest BCUT2D eigenvalue weighted by Gasteiger charge is 2.49. The molecule has 2 aromatic heterocycles. The second-order valence-corrected chi connectivity index (χ2v) is 18.1. The Hall–Kier alpha value is -5.64. The quantitative estimate of drug-likeness (QED) is 0.165. The van der Waals surface area contributed by atoms with Crippen LogP contribution < -0.4 is 4.90 Å². The lowest BCUT2D eigenvalue weighted by molar-refractivity contribution is -0.00276. The number of hydrogen-bond acceptors (Lipinski definition) is 2. The number of hydrogen-bond donors (Lipinski definition) is 0. The molecule has 4 fully saturated rings. The molecule has 4 aliphatic rings. The summed E-state index contributed by atoms with van der Waals surface area (Å²) in [5.74, 6) is 4.21. The number of para-hydroxylation sites is 3. The highest BCUT2D eigenvalue weighted by atomic mass is 32.1. The lowest BCUT2D eigenvalue weighted by Gasteiger charge is -2.55. The van der Waals surface area contributed by atoms with Crippen molar-refractivity contribution in [3.8, 4) is 16.8 Å². The third-order valence-corrected chi connectivity index (χ3v) is 15.0. The van der Waals surface area contributed by atoms with Crippen LogP contribution in [-0.4, -0.2) is 4.57 Å². The fourth-order valence-electron chi connectivity index (χ4n) is 11.8. The van der Waals surface area contributed by atoms with Crippen molar-refractivity contribution >= 4 is 70.4 Å². The minimum atomic E-state index is 0.651. The molecule has 4 saturated carbocycles. The Morgan fingerprint density at radius 1 is 0.536 bits per heavy atom. The summed E-state index contributed by atoms with van der Waals surface area (Å²) in [5, 5.41) is 5.29. The molecule has 4 bridgehead atoms. The highest BCUT2D eigenvalue weighted by molar-refractivity contribution is 7.25. The predicted octanol–water partition coefficient (Wildman–Crippen LogP) is 15.1. The monoisotopic (exact) mass is 740 g/mol. The molecule has 7 aromatic carbocycles. The second kappa shape index (κ2) is 12.7. The van der Waals surface area contributed by atoms with Crippen LogP contribution in [0.4, 0.5) is 17.1 Å². The first-order valence-corrected chi connectivity index (χ1v) is 21.5. The molecule has 0 aliphatic heterocycles. The lowest BCUT2D eigenvalue weighted by atomic mass is 9.50. The maximum absolute atomic E-state index is 2.64. The van der Waals surface area contributed by atoms with Gasteiger partial charge in [0.25, 0.3) is 0 Å².